The minimum absolute atomic E-state index is 0.199. The summed E-state index contributed by atoms with van der Waals surface area (Å²) in [7, 11) is 0. The van der Waals surface area contributed by atoms with Crippen molar-refractivity contribution in [2.45, 2.75) is 30.8 Å². The van der Waals surface area contributed by atoms with E-state index in [4.69, 9.17) is 19.0 Å². The van der Waals surface area contributed by atoms with Crippen LogP contribution in [0.4, 0.5) is 0 Å². The monoisotopic (exact) mass is 530 g/mol. The van der Waals surface area contributed by atoms with Gasteiger partial charge in [0.2, 0.25) is 0 Å². The summed E-state index contributed by atoms with van der Waals surface area (Å²) in [6.45, 7) is 3.01. The molecule has 1 aromatic heterocycles. The van der Waals surface area contributed by atoms with Crippen LogP contribution in [0.5, 0.6) is 0 Å². The Kier molecular flexibility index (Phi) is 7.22. The molecule has 2 aromatic carbocycles. The predicted octanol–water partition coefficient (Wildman–Crippen LogP) is 4.84. The molecule has 8 heteroatoms. The number of nitrogens with one attached hydrogen (secondary N) is 1. The Hall–Kier alpha value is -1.65. The zero-order valence-corrected chi connectivity index (χ0v) is 20.6. The second-order valence-electron chi connectivity index (χ2n) is 8.69. The number of hydrogen-bond acceptors (Lipinski definition) is 7. The lowest BCUT2D eigenvalue weighted by molar-refractivity contribution is -0.193. The first kappa shape index (κ1) is 23.1. The largest absolute Gasteiger partial charge is 0.374 e. The Labute approximate surface area is 206 Å². The van der Waals surface area contributed by atoms with E-state index in [1.807, 2.05) is 41.8 Å². The summed E-state index contributed by atoms with van der Waals surface area (Å²) < 4.78 is 19.8. The molecular weight excluding hydrogens is 504 g/mol. The van der Waals surface area contributed by atoms with Gasteiger partial charge in [-0.25, -0.2) is 4.98 Å². The van der Waals surface area contributed by atoms with E-state index >= 15 is 0 Å². The molecule has 5 rings (SSSR count). The van der Waals surface area contributed by atoms with Crippen molar-refractivity contribution in [2.24, 2.45) is 5.92 Å². The minimum Gasteiger partial charge on any atom is -0.374 e. The lowest BCUT2D eigenvalue weighted by Crippen LogP contribution is -2.58. The number of aromatic nitrogens is 1. The molecule has 0 saturated carbocycles. The zero-order chi connectivity index (χ0) is 22.6. The first-order valence-electron chi connectivity index (χ1n) is 11.1. The van der Waals surface area contributed by atoms with Gasteiger partial charge in [0.15, 0.2) is 0 Å². The highest BCUT2D eigenvalue weighted by atomic mass is 79.9. The SMILES string of the molecule is Brc1csc([C@@]23COC(COCc4ccccc4)(COCc4ccccc4)C[C@@H]2CON3)n1. The summed E-state index contributed by atoms with van der Waals surface area (Å²) in [6, 6.07) is 20.4. The first-order valence-corrected chi connectivity index (χ1v) is 12.7. The van der Waals surface area contributed by atoms with Gasteiger partial charge in [-0.3, -0.25) is 0 Å². The highest BCUT2D eigenvalue weighted by molar-refractivity contribution is 9.10. The van der Waals surface area contributed by atoms with Crippen molar-refractivity contribution < 1.29 is 19.0 Å². The highest BCUT2D eigenvalue weighted by Crippen LogP contribution is 2.46. The van der Waals surface area contributed by atoms with Gasteiger partial charge in [-0.15, -0.1) is 11.3 Å². The van der Waals surface area contributed by atoms with Crippen molar-refractivity contribution in [1.29, 1.82) is 0 Å². The summed E-state index contributed by atoms with van der Waals surface area (Å²) in [4.78, 5) is 10.4. The summed E-state index contributed by atoms with van der Waals surface area (Å²) in [5, 5.41) is 2.97. The van der Waals surface area contributed by atoms with Gasteiger partial charge in [0, 0.05) is 11.3 Å². The Bertz CT molecular complexity index is 990. The lowest BCUT2D eigenvalue weighted by atomic mass is 9.76. The normalized spacial score (nSPS) is 24.0. The molecule has 3 aromatic rings. The van der Waals surface area contributed by atoms with Crippen molar-refractivity contribution in [3.8, 4) is 0 Å². The standard InChI is InChI=1S/C25H27BrN2O4S/c26-22-15-33-23(27-22)25-18-31-24(11-21(25)14-32-28-25,16-29-12-19-7-3-1-4-8-19)17-30-13-20-9-5-2-6-10-20/h1-10,15,21,28H,11-14,16-18H2/t21-,25-/m1/s1. The quantitative estimate of drug-likeness (QED) is 0.426. The molecule has 174 valence electrons. The maximum atomic E-state index is 6.58. The predicted molar refractivity (Wildman–Crippen MR) is 130 cm³/mol. The van der Waals surface area contributed by atoms with E-state index in [0.717, 1.165) is 27.2 Å². The molecule has 0 bridgehead atoms. The molecule has 0 aliphatic carbocycles. The molecule has 2 fully saturated rings. The van der Waals surface area contributed by atoms with Crippen molar-refractivity contribution in [1.82, 2.24) is 10.5 Å². The Balaban J connectivity index is 1.30. The lowest BCUT2D eigenvalue weighted by Gasteiger charge is -2.46. The molecule has 0 radical (unpaired) electrons. The topological polar surface area (TPSA) is 61.8 Å². The number of ether oxygens (including phenoxy) is 3. The van der Waals surface area contributed by atoms with E-state index in [1.54, 1.807) is 11.3 Å². The molecule has 2 aliphatic heterocycles. The molecule has 6 nitrogen and oxygen atoms in total. The summed E-state index contributed by atoms with van der Waals surface area (Å²) in [5.74, 6) is 0.199. The second kappa shape index (κ2) is 10.3. The smallest absolute Gasteiger partial charge is 0.123 e. The third kappa shape index (κ3) is 5.22. The number of fused-ring (bicyclic) bond motifs is 1. The van der Waals surface area contributed by atoms with Gasteiger partial charge in [-0.05, 0) is 33.5 Å². The second-order valence-corrected chi connectivity index (χ2v) is 10.4. The summed E-state index contributed by atoms with van der Waals surface area (Å²) >= 11 is 5.09. The van der Waals surface area contributed by atoms with Gasteiger partial charge < -0.3 is 19.0 Å². The number of thiazole rings is 1. The van der Waals surface area contributed by atoms with Crippen LogP contribution >= 0.6 is 27.3 Å². The van der Waals surface area contributed by atoms with E-state index in [1.165, 1.54) is 0 Å². The molecule has 1 N–H and O–H groups in total. The minimum atomic E-state index is -0.554. The van der Waals surface area contributed by atoms with E-state index < -0.39 is 11.1 Å². The van der Waals surface area contributed by atoms with Crippen LogP contribution in [0.25, 0.3) is 0 Å². The molecule has 2 atom stereocenters. The Morgan fingerprint density at radius 1 is 1.00 bits per heavy atom. The molecule has 3 heterocycles. The molecular formula is C25H27BrN2O4S. The fraction of sp³-hybridized carbons (Fsp3) is 0.400. The van der Waals surface area contributed by atoms with Crippen molar-refractivity contribution in [3.05, 3.63) is 86.8 Å². The number of halogens is 1. The maximum absolute atomic E-state index is 6.58. The average Bonchev–Trinajstić information content (AvgIpc) is 3.47. The summed E-state index contributed by atoms with van der Waals surface area (Å²) in [6.07, 6.45) is 0.751. The van der Waals surface area contributed by atoms with Gasteiger partial charge in [-0.2, -0.15) is 5.48 Å². The number of nitrogens with zero attached hydrogens (tertiary/aromatic N) is 1. The molecule has 0 spiro atoms. The maximum Gasteiger partial charge on any atom is 0.123 e. The number of rotatable bonds is 9. The third-order valence-corrected chi connectivity index (χ3v) is 8.00. The number of benzene rings is 2. The van der Waals surface area contributed by atoms with Crippen LogP contribution in [0.15, 0.2) is 70.6 Å². The molecule has 2 aliphatic rings. The van der Waals surface area contributed by atoms with Crippen LogP contribution in [0.1, 0.15) is 22.6 Å². The van der Waals surface area contributed by atoms with Crippen LogP contribution in [-0.2, 0) is 37.8 Å². The van der Waals surface area contributed by atoms with Crippen LogP contribution in [0.3, 0.4) is 0 Å². The van der Waals surface area contributed by atoms with Gasteiger partial charge >= 0.3 is 0 Å². The van der Waals surface area contributed by atoms with E-state index in [9.17, 15) is 0 Å². The summed E-state index contributed by atoms with van der Waals surface area (Å²) in [5.41, 5.74) is 4.51. The fourth-order valence-electron chi connectivity index (χ4n) is 4.49. The van der Waals surface area contributed by atoms with Gasteiger partial charge in [0.05, 0.1) is 39.6 Å². The van der Waals surface area contributed by atoms with Crippen molar-refractivity contribution >= 4 is 27.3 Å². The Morgan fingerprint density at radius 3 is 2.21 bits per heavy atom. The van der Waals surface area contributed by atoms with Gasteiger partial charge in [0.1, 0.15) is 20.8 Å². The first-order chi connectivity index (χ1) is 16.2. The van der Waals surface area contributed by atoms with Crippen LogP contribution in [0.2, 0.25) is 0 Å². The Morgan fingerprint density at radius 2 is 1.64 bits per heavy atom. The van der Waals surface area contributed by atoms with E-state index in [0.29, 0.717) is 39.6 Å². The van der Waals surface area contributed by atoms with Crippen molar-refractivity contribution in [3.63, 3.8) is 0 Å². The third-order valence-electron chi connectivity index (χ3n) is 6.27. The fourth-order valence-corrected chi connectivity index (χ4v) is 5.96. The average molecular weight is 531 g/mol. The van der Waals surface area contributed by atoms with E-state index in [-0.39, 0.29) is 5.92 Å². The van der Waals surface area contributed by atoms with Gasteiger partial charge in [-0.1, -0.05) is 60.7 Å². The number of hydrogen-bond donors (Lipinski definition) is 1. The van der Waals surface area contributed by atoms with Crippen LogP contribution < -0.4 is 5.48 Å². The molecule has 0 unspecified atom stereocenters. The number of hydroxylamine groups is 1. The zero-order valence-electron chi connectivity index (χ0n) is 18.2. The van der Waals surface area contributed by atoms with Crippen LogP contribution in [0, 0.1) is 5.92 Å². The van der Waals surface area contributed by atoms with Crippen LogP contribution in [-0.4, -0.2) is 37.0 Å². The highest BCUT2D eigenvalue weighted by Gasteiger charge is 2.56. The molecule has 2 saturated heterocycles. The van der Waals surface area contributed by atoms with Gasteiger partial charge in [0.25, 0.3) is 0 Å². The van der Waals surface area contributed by atoms with E-state index in [2.05, 4.69) is 50.7 Å². The molecule has 33 heavy (non-hydrogen) atoms. The molecule has 0 amide bonds. The van der Waals surface area contributed by atoms with Crippen molar-refractivity contribution in [2.75, 3.05) is 26.4 Å².